The van der Waals surface area contributed by atoms with Crippen LogP contribution in [0.15, 0.2) is 30.5 Å². The van der Waals surface area contributed by atoms with E-state index in [-0.39, 0.29) is 12.5 Å². The van der Waals surface area contributed by atoms with Gasteiger partial charge in [0.25, 0.3) is 0 Å². The van der Waals surface area contributed by atoms with Gasteiger partial charge in [-0.2, -0.15) is 5.10 Å². The number of aromatic nitrogens is 2. The summed E-state index contributed by atoms with van der Waals surface area (Å²) in [5.41, 5.74) is 2.68. The number of halogens is 1. The van der Waals surface area contributed by atoms with Crippen molar-refractivity contribution in [3.05, 3.63) is 46.7 Å². The Bertz CT molecular complexity index is 577. The van der Waals surface area contributed by atoms with E-state index in [4.69, 9.17) is 11.6 Å². The van der Waals surface area contributed by atoms with Crippen LogP contribution in [0, 0.1) is 13.8 Å². The van der Waals surface area contributed by atoms with Crippen molar-refractivity contribution >= 4 is 23.2 Å². The minimum absolute atomic E-state index is 0.122. The summed E-state index contributed by atoms with van der Waals surface area (Å²) in [6, 6.07) is 7.66. The Morgan fingerprint density at radius 2 is 2.22 bits per heavy atom. The largest absolute Gasteiger partial charge is 0.324 e. The minimum Gasteiger partial charge on any atom is -0.324 e. The molecule has 1 N–H and O–H groups in total. The van der Waals surface area contributed by atoms with E-state index in [0.29, 0.717) is 5.02 Å². The van der Waals surface area contributed by atoms with E-state index in [1.807, 2.05) is 38.1 Å². The van der Waals surface area contributed by atoms with Gasteiger partial charge in [-0.05, 0) is 31.5 Å². The Kier molecular flexibility index (Phi) is 3.67. The van der Waals surface area contributed by atoms with E-state index >= 15 is 0 Å². The third-order valence-electron chi connectivity index (χ3n) is 2.64. The summed E-state index contributed by atoms with van der Waals surface area (Å²) >= 11 is 5.88. The van der Waals surface area contributed by atoms with E-state index in [1.165, 1.54) is 6.20 Å². The third kappa shape index (κ3) is 2.90. The van der Waals surface area contributed by atoms with Gasteiger partial charge in [0.15, 0.2) is 0 Å². The molecule has 0 aliphatic rings. The van der Waals surface area contributed by atoms with Gasteiger partial charge >= 0.3 is 0 Å². The van der Waals surface area contributed by atoms with Crippen LogP contribution in [0.2, 0.25) is 5.02 Å². The predicted octanol–water partition coefficient (Wildman–Crippen LogP) is 2.79. The standard InChI is InChI=1S/C13H14ClN3O/c1-9-4-3-5-11(6-9)16-13(18)8-17-10(2)12(14)7-15-17/h3-7H,8H2,1-2H3,(H,16,18). The van der Waals surface area contributed by atoms with Crippen LogP contribution in [-0.4, -0.2) is 15.7 Å². The van der Waals surface area contributed by atoms with Crippen LogP contribution >= 0.6 is 11.6 Å². The van der Waals surface area contributed by atoms with Gasteiger partial charge in [-0.25, -0.2) is 0 Å². The monoisotopic (exact) mass is 263 g/mol. The summed E-state index contributed by atoms with van der Waals surface area (Å²) in [7, 11) is 0. The predicted molar refractivity (Wildman–Crippen MR) is 71.8 cm³/mol. The molecule has 1 aromatic carbocycles. The first-order valence-electron chi connectivity index (χ1n) is 5.60. The van der Waals surface area contributed by atoms with E-state index < -0.39 is 0 Å². The number of nitrogens with zero attached hydrogens (tertiary/aromatic N) is 2. The third-order valence-corrected chi connectivity index (χ3v) is 3.01. The van der Waals surface area contributed by atoms with E-state index in [9.17, 15) is 4.79 Å². The molecule has 18 heavy (non-hydrogen) atoms. The molecular weight excluding hydrogens is 250 g/mol. The van der Waals surface area contributed by atoms with Crippen LogP contribution in [0.5, 0.6) is 0 Å². The lowest BCUT2D eigenvalue weighted by Crippen LogP contribution is -2.20. The highest BCUT2D eigenvalue weighted by atomic mass is 35.5. The number of anilines is 1. The zero-order valence-corrected chi connectivity index (χ0v) is 11.0. The molecule has 0 spiro atoms. The second-order valence-corrected chi connectivity index (χ2v) is 4.56. The van der Waals surface area contributed by atoms with Crippen molar-refractivity contribution in [1.82, 2.24) is 9.78 Å². The fraction of sp³-hybridized carbons (Fsp3) is 0.231. The molecule has 0 aliphatic carbocycles. The summed E-state index contributed by atoms with van der Waals surface area (Å²) in [5.74, 6) is -0.122. The van der Waals surface area contributed by atoms with Gasteiger partial charge < -0.3 is 5.32 Å². The molecule has 0 saturated carbocycles. The Labute approximate surface area is 111 Å². The lowest BCUT2D eigenvalue weighted by molar-refractivity contribution is -0.116. The molecule has 4 nitrogen and oxygen atoms in total. The molecule has 2 rings (SSSR count). The van der Waals surface area contributed by atoms with Crippen LogP contribution in [0.4, 0.5) is 5.69 Å². The zero-order valence-electron chi connectivity index (χ0n) is 10.3. The highest BCUT2D eigenvalue weighted by molar-refractivity contribution is 6.31. The Morgan fingerprint density at radius 3 is 2.83 bits per heavy atom. The minimum atomic E-state index is -0.122. The SMILES string of the molecule is Cc1cccc(NC(=O)Cn2ncc(Cl)c2C)c1. The second-order valence-electron chi connectivity index (χ2n) is 4.15. The van der Waals surface area contributed by atoms with Crippen molar-refractivity contribution in [3.8, 4) is 0 Å². The molecule has 0 atom stereocenters. The van der Waals surface area contributed by atoms with Crippen molar-refractivity contribution in [2.75, 3.05) is 5.32 Å². The second kappa shape index (κ2) is 5.23. The summed E-state index contributed by atoms with van der Waals surface area (Å²) in [6.45, 7) is 3.97. The lowest BCUT2D eigenvalue weighted by Gasteiger charge is -2.07. The number of benzene rings is 1. The summed E-state index contributed by atoms with van der Waals surface area (Å²) in [5, 5.41) is 7.43. The van der Waals surface area contributed by atoms with Gasteiger partial charge in [-0.3, -0.25) is 9.48 Å². The van der Waals surface area contributed by atoms with Gasteiger partial charge in [0.2, 0.25) is 5.91 Å². The van der Waals surface area contributed by atoms with Gasteiger partial charge in [0, 0.05) is 5.69 Å². The fourth-order valence-corrected chi connectivity index (χ4v) is 1.78. The number of carbonyl (C=O) groups excluding carboxylic acids is 1. The Balaban J connectivity index is 2.03. The molecule has 0 unspecified atom stereocenters. The molecule has 1 aromatic heterocycles. The molecule has 2 aromatic rings. The molecule has 5 heteroatoms. The van der Waals surface area contributed by atoms with Crippen LogP contribution in [0.3, 0.4) is 0 Å². The first-order chi connectivity index (χ1) is 8.56. The van der Waals surface area contributed by atoms with Gasteiger partial charge in [-0.1, -0.05) is 23.7 Å². The van der Waals surface area contributed by atoms with Crippen LogP contribution < -0.4 is 5.32 Å². The van der Waals surface area contributed by atoms with Gasteiger partial charge in [0.1, 0.15) is 6.54 Å². The first kappa shape index (κ1) is 12.6. The van der Waals surface area contributed by atoms with Crippen LogP contribution in [0.25, 0.3) is 0 Å². The highest BCUT2D eigenvalue weighted by Gasteiger charge is 2.08. The summed E-state index contributed by atoms with van der Waals surface area (Å²) in [4.78, 5) is 11.8. The van der Waals surface area contributed by atoms with Crippen molar-refractivity contribution in [3.63, 3.8) is 0 Å². The average Bonchev–Trinajstić information content (AvgIpc) is 2.61. The van der Waals surface area contributed by atoms with Crippen molar-refractivity contribution in [2.45, 2.75) is 20.4 Å². The molecule has 1 amide bonds. The number of carbonyl (C=O) groups is 1. The lowest BCUT2D eigenvalue weighted by atomic mass is 10.2. The summed E-state index contributed by atoms with van der Waals surface area (Å²) in [6.07, 6.45) is 1.54. The average molecular weight is 264 g/mol. The number of hydrogen-bond donors (Lipinski definition) is 1. The number of nitrogens with one attached hydrogen (secondary N) is 1. The highest BCUT2D eigenvalue weighted by Crippen LogP contribution is 2.14. The van der Waals surface area contributed by atoms with E-state index in [0.717, 1.165) is 16.9 Å². The quantitative estimate of drug-likeness (QED) is 0.926. The maximum absolute atomic E-state index is 11.8. The zero-order chi connectivity index (χ0) is 13.1. The van der Waals surface area contributed by atoms with Crippen LogP contribution in [-0.2, 0) is 11.3 Å². The molecule has 94 valence electrons. The molecule has 0 aliphatic heterocycles. The molecular formula is C13H14ClN3O. The number of amides is 1. The topological polar surface area (TPSA) is 46.9 Å². The van der Waals surface area contributed by atoms with Crippen molar-refractivity contribution in [2.24, 2.45) is 0 Å². The fourth-order valence-electron chi connectivity index (χ4n) is 1.64. The Hall–Kier alpha value is -1.81. The van der Waals surface area contributed by atoms with Gasteiger partial charge in [-0.15, -0.1) is 0 Å². The molecule has 0 radical (unpaired) electrons. The van der Waals surface area contributed by atoms with Crippen molar-refractivity contribution < 1.29 is 4.79 Å². The number of aryl methyl sites for hydroxylation is 1. The number of hydrogen-bond acceptors (Lipinski definition) is 2. The molecule has 0 fully saturated rings. The normalized spacial score (nSPS) is 10.4. The van der Waals surface area contributed by atoms with Gasteiger partial charge in [0.05, 0.1) is 16.9 Å². The van der Waals surface area contributed by atoms with E-state index in [1.54, 1.807) is 4.68 Å². The van der Waals surface area contributed by atoms with Crippen LogP contribution in [0.1, 0.15) is 11.3 Å². The molecule has 0 bridgehead atoms. The maximum Gasteiger partial charge on any atom is 0.246 e. The summed E-state index contributed by atoms with van der Waals surface area (Å²) < 4.78 is 1.58. The smallest absolute Gasteiger partial charge is 0.246 e. The van der Waals surface area contributed by atoms with Crippen molar-refractivity contribution in [1.29, 1.82) is 0 Å². The number of rotatable bonds is 3. The first-order valence-corrected chi connectivity index (χ1v) is 5.98. The van der Waals surface area contributed by atoms with E-state index in [2.05, 4.69) is 10.4 Å². The molecule has 1 heterocycles. The molecule has 0 saturated heterocycles. The maximum atomic E-state index is 11.8. The Morgan fingerprint density at radius 1 is 1.44 bits per heavy atom.